The van der Waals surface area contributed by atoms with E-state index in [-0.39, 0.29) is 12.2 Å². The highest BCUT2D eigenvalue weighted by Gasteiger charge is 2.25. The average molecular weight is 318 g/mol. The van der Waals surface area contributed by atoms with Gasteiger partial charge in [0.05, 0.1) is 0 Å². The molecule has 0 N–H and O–H groups in total. The van der Waals surface area contributed by atoms with E-state index in [1.54, 1.807) is 0 Å². The van der Waals surface area contributed by atoms with Crippen LogP contribution in [-0.4, -0.2) is 0 Å². The minimum atomic E-state index is 0.118. The van der Waals surface area contributed by atoms with E-state index in [1.807, 2.05) is 12.1 Å². The molecule has 0 unspecified atom stereocenters. The fraction of sp³-hybridized carbons (Fsp3) is 0.273. The molecule has 122 valence electrons. The maximum atomic E-state index is 6.26. The first kappa shape index (κ1) is 15.1. The molecule has 0 bridgehead atoms. The summed E-state index contributed by atoms with van der Waals surface area (Å²) in [6.45, 7) is 0. The fourth-order valence-electron chi connectivity index (χ4n) is 3.37. The van der Waals surface area contributed by atoms with Crippen LogP contribution in [0, 0.1) is 0 Å². The van der Waals surface area contributed by atoms with E-state index in [4.69, 9.17) is 9.47 Å². The number of benzene rings is 2. The molecule has 0 spiro atoms. The highest BCUT2D eigenvalue weighted by Crippen LogP contribution is 2.38. The van der Waals surface area contributed by atoms with Crippen molar-refractivity contribution >= 4 is 0 Å². The summed E-state index contributed by atoms with van der Waals surface area (Å²) in [6.07, 6.45) is 8.64. The lowest BCUT2D eigenvalue weighted by molar-refractivity contribution is 0.0428. The van der Waals surface area contributed by atoms with Crippen molar-refractivity contribution < 1.29 is 9.47 Å². The van der Waals surface area contributed by atoms with Crippen LogP contribution in [0.25, 0.3) is 0 Å². The molecule has 2 aliphatic rings. The standard InChI is InChI=1S/C22H22O2/c1-3-9-17(10-4-1)19-13-7-15-21(23-19)22-16-8-14-20(24-22)18-11-5-2-6-12-18/h1-6,9-12,15-16,19-20H,7-8,13-14H2/t19-,20-/m0/s1. The number of hydrogen-bond donors (Lipinski definition) is 0. The normalized spacial score (nSPS) is 23.5. The molecular weight excluding hydrogens is 296 g/mol. The van der Waals surface area contributed by atoms with E-state index < -0.39 is 0 Å². The molecule has 2 atom stereocenters. The number of rotatable bonds is 3. The maximum absolute atomic E-state index is 6.26. The molecule has 0 aliphatic carbocycles. The van der Waals surface area contributed by atoms with Crippen molar-refractivity contribution in [1.29, 1.82) is 0 Å². The minimum Gasteiger partial charge on any atom is -0.482 e. The molecule has 0 radical (unpaired) electrons. The maximum Gasteiger partial charge on any atom is 0.157 e. The Morgan fingerprint density at radius 3 is 1.42 bits per heavy atom. The molecule has 2 aromatic carbocycles. The monoisotopic (exact) mass is 318 g/mol. The van der Waals surface area contributed by atoms with E-state index >= 15 is 0 Å². The lowest BCUT2D eigenvalue weighted by atomic mass is 10.00. The summed E-state index contributed by atoms with van der Waals surface area (Å²) in [7, 11) is 0. The highest BCUT2D eigenvalue weighted by molar-refractivity contribution is 5.28. The van der Waals surface area contributed by atoms with E-state index in [0.717, 1.165) is 37.2 Å². The highest BCUT2D eigenvalue weighted by atomic mass is 16.5. The molecule has 2 heteroatoms. The number of allylic oxidation sites excluding steroid dienone is 2. The zero-order chi connectivity index (χ0) is 16.2. The van der Waals surface area contributed by atoms with Gasteiger partial charge in [-0.2, -0.15) is 0 Å². The van der Waals surface area contributed by atoms with Crippen molar-refractivity contribution in [3.8, 4) is 0 Å². The van der Waals surface area contributed by atoms with Crippen molar-refractivity contribution in [2.45, 2.75) is 37.9 Å². The molecule has 2 heterocycles. The van der Waals surface area contributed by atoms with Crippen molar-refractivity contribution in [3.05, 3.63) is 95.5 Å². The Kier molecular flexibility index (Phi) is 4.37. The second-order valence-electron chi connectivity index (χ2n) is 6.33. The Bertz CT molecular complexity index is 666. The second kappa shape index (κ2) is 6.96. The smallest absolute Gasteiger partial charge is 0.157 e. The molecular formula is C22H22O2. The molecule has 0 aromatic heterocycles. The average Bonchev–Trinajstić information content (AvgIpc) is 2.70. The van der Waals surface area contributed by atoms with Crippen molar-refractivity contribution in [1.82, 2.24) is 0 Å². The van der Waals surface area contributed by atoms with Gasteiger partial charge in [0, 0.05) is 0 Å². The zero-order valence-electron chi connectivity index (χ0n) is 13.7. The molecule has 0 amide bonds. The molecule has 24 heavy (non-hydrogen) atoms. The molecule has 0 fully saturated rings. The van der Waals surface area contributed by atoms with Gasteiger partial charge in [0.15, 0.2) is 11.5 Å². The predicted molar refractivity (Wildman–Crippen MR) is 95.2 cm³/mol. The van der Waals surface area contributed by atoms with Gasteiger partial charge in [-0.1, -0.05) is 60.7 Å². The molecule has 0 saturated heterocycles. The van der Waals surface area contributed by atoms with Crippen LogP contribution in [0.5, 0.6) is 0 Å². The first-order valence-electron chi connectivity index (χ1n) is 8.74. The summed E-state index contributed by atoms with van der Waals surface area (Å²) in [4.78, 5) is 0. The summed E-state index contributed by atoms with van der Waals surface area (Å²) in [5.41, 5.74) is 2.47. The van der Waals surface area contributed by atoms with E-state index in [9.17, 15) is 0 Å². The van der Waals surface area contributed by atoms with Crippen LogP contribution < -0.4 is 0 Å². The zero-order valence-corrected chi connectivity index (χ0v) is 13.7. The van der Waals surface area contributed by atoms with Gasteiger partial charge in [0.1, 0.15) is 12.2 Å². The van der Waals surface area contributed by atoms with Crippen LogP contribution in [0.2, 0.25) is 0 Å². The van der Waals surface area contributed by atoms with Crippen LogP contribution in [0.3, 0.4) is 0 Å². The summed E-state index contributed by atoms with van der Waals surface area (Å²) >= 11 is 0. The third-order valence-corrected chi connectivity index (χ3v) is 4.64. The largest absolute Gasteiger partial charge is 0.482 e. The van der Waals surface area contributed by atoms with Crippen LogP contribution in [0.4, 0.5) is 0 Å². The second-order valence-corrected chi connectivity index (χ2v) is 6.33. The van der Waals surface area contributed by atoms with Crippen molar-refractivity contribution in [3.63, 3.8) is 0 Å². The Labute approximate surface area is 143 Å². The van der Waals surface area contributed by atoms with Gasteiger partial charge in [-0.15, -0.1) is 0 Å². The Morgan fingerprint density at radius 1 is 0.583 bits per heavy atom. The van der Waals surface area contributed by atoms with Gasteiger partial charge in [0.25, 0.3) is 0 Å². The summed E-state index contributed by atoms with van der Waals surface area (Å²) < 4.78 is 12.5. The SMILES string of the molecule is C1=C(C2=CCC[C@@H](c3ccccc3)O2)O[C@H](c2ccccc2)CC1. The van der Waals surface area contributed by atoms with Gasteiger partial charge in [-0.05, 0) is 49.0 Å². The predicted octanol–water partition coefficient (Wildman–Crippen LogP) is 5.86. The number of hydrogen-bond acceptors (Lipinski definition) is 2. The van der Waals surface area contributed by atoms with E-state index in [0.29, 0.717) is 0 Å². The third-order valence-electron chi connectivity index (χ3n) is 4.64. The third kappa shape index (κ3) is 3.23. The van der Waals surface area contributed by atoms with E-state index in [2.05, 4.69) is 60.7 Å². The van der Waals surface area contributed by atoms with Crippen LogP contribution >= 0.6 is 0 Å². The van der Waals surface area contributed by atoms with Crippen LogP contribution in [0.1, 0.15) is 49.0 Å². The van der Waals surface area contributed by atoms with Gasteiger partial charge < -0.3 is 9.47 Å². The Balaban J connectivity index is 1.49. The molecule has 2 aromatic rings. The van der Waals surface area contributed by atoms with Gasteiger partial charge in [-0.3, -0.25) is 0 Å². The van der Waals surface area contributed by atoms with Crippen LogP contribution in [-0.2, 0) is 9.47 Å². The molecule has 2 nitrogen and oxygen atoms in total. The van der Waals surface area contributed by atoms with Gasteiger partial charge >= 0.3 is 0 Å². The van der Waals surface area contributed by atoms with Gasteiger partial charge in [0.2, 0.25) is 0 Å². The van der Waals surface area contributed by atoms with Crippen molar-refractivity contribution in [2.75, 3.05) is 0 Å². The quantitative estimate of drug-likeness (QED) is 0.706. The van der Waals surface area contributed by atoms with Crippen molar-refractivity contribution in [2.24, 2.45) is 0 Å². The van der Waals surface area contributed by atoms with Gasteiger partial charge in [-0.25, -0.2) is 0 Å². The fourth-order valence-corrected chi connectivity index (χ4v) is 3.37. The van der Waals surface area contributed by atoms with Crippen LogP contribution in [0.15, 0.2) is 84.3 Å². The first-order valence-corrected chi connectivity index (χ1v) is 8.74. The van der Waals surface area contributed by atoms with E-state index in [1.165, 1.54) is 11.1 Å². The lowest BCUT2D eigenvalue weighted by Crippen LogP contribution is -2.15. The number of ether oxygens (including phenoxy) is 2. The topological polar surface area (TPSA) is 18.5 Å². The lowest BCUT2D eigenvalue weighted by Gasteiger charge is -2.30. The minimum absolute atomic E-state index is 0.118. The summed E-state index contributed by atoms with van der Waals surface area (Å²) in [5.74, 6) is 1.80. The Hall–Kier alpha value is -2.48. The first-order chi connectivity index (χ1) is 11.9. The summed E-state index contributed by atoms with van der Waals surface area (Å²) in [5, 5.41) is 0. The molecule has 4 rings (SSSR count). The summed E-state index contributed by atoms with van der Waals surface area (Å²) in [6, 6.07) is 20.9. The molecule has 2 aliphatic heterocycles. The molecule has 0 saturated carbocycles. The Morgan fingerprint density at radius 2 is 1.00 bits per heavy atom.